The molecular weight excluding hydrogens is 352 g/mol. The first-order valence-corrected chi connectivity index (χ1v) is 10.9. The maximum absolute atomic E-state index is 5.50. The molecular formula is C20H38O3S2. The van der Waals surface area contributed by atoms with Gasteiger partial charge < -0.3 is 14.2 Å². The Bertz CT molecular complexity index is 292. The summed E-state index contributed by atoms with van der Waals surface area (Å²) in [5.41, 5.74) is 0. The first kappa shape index (κ1) is 24.7. The molecule has 0 unspecified atom stereocenters. The number of hydrogen-bond donors (Lipinski definition) is 0. The lowest BCUT2D eigenvalue weighted by Gasteiger charge is -2.10. The SMILES string of the molecule is CCCCCCCCOC(=S)COCC(=S)OCCCCCCCC. The molecule has 148 valence electrons. The second-order valence-corrected chi connectivity index (χ2v) is 7.38. The van der Waals surface area contributed by atoms with Gasteiger partial charge in [0, 0.05) is 0 Å². The monoisotopic (exact) mass is 390 g/mol. The van der Waals surface area contributed by atoms with Crippen molar-refractivity contribution in [2.75, 3.05) is 26.4 Å². The predicted octanol–water partition coefficient (Wildman–Crippen LogP) is 6.41. The molecule has 0 spiro atoms. The summed E-state index contributed by atoms with van der Waals surface area (Å²) >= 11 is 10.3. The highest BCUT2D eigenvalue weighted by molar-refractivity contribution is 7.80. The predicted molar refractivity (Wildman–Crippen MR) is 115 cm³/mol. The summed E-state index contributed by atoms with van der Waals surface area (Å²) in [5.74, 6) is 0. The normalized spacial score (nSPS) is 10.6. The largest absolute Gasteiger partial charge is 0.485 e. The molecule has 0 aliphatic heterocycles. The quantitative estimate of drug-likeness (QED) is 0.199. The van der Waals surface area contributed by atoms with Crippen molar-refractivity contribution in [1.82, 2.24) is 0 Å². The summed E-state index contributed by atoms with van der Waals surface area (Å²) in [6.45, 7) is 6.46. The van der Waals surface area contributed by atoms with Gasteiger partial charge in [0.1, 0.15) is 13.2 Å². The van der Waals surface area contributed by atoms with Gasteiger partial charge in [0.2, 0.25) is 0 Å². The first-order chi connectivity index (χ1) is 12.2. The molecule has 5 heteroatoms. The maximum atomic E-state index is 5.50. The highest BCUT2D eigenvalue weighted by Crippen LogP contribution is 2.06. The Hall–Kier alpha value is -0.260. The topological polar surface area (TPSA) is 27.7 Å². The van der Waals surface area contributed by atoms with Crippen LogP contribution in [0.15, 0.2) is 0 Å². The van der Waals surface area contributed by atoms with Gasteiger partial charge in [-0.3, -0.25) is 0 Å². The van der Waals surface area contributed by atoms with E-state index in [1.165, 1.54) is 64.2 Å². The lowest BCUT2D eigenvalue weighted by molar-refractivity contribution is 0.166. The van der Waals surface area contributed by atoms with Gasteiger partial charge in [-0.05, 0) is 37.3 Å². The fourth-order valence-electron chi connectivity index (χ4n) is 2.44. The Kier molecular flexibility index (Phi) is 19.8. The molecule has 25 heavy (non-hydrogen) atoms. The Morgan fingerprint density at radius 2 is 0.920 bits per heavy atom. The van der Waals surface area contributed by atoms with Crippen molar-refractivity contribution >= 4 is 34.5 Å². The lowest BCUT2D eigenvalue weighted by atomic mass is 10.1. The highest BCUT2D eigenvalue weighted by Gasteiger charge is 2.02. The average molecular weight is 391 g/mol. The minimum atomic E-state index is 0.311. The van der Waals surface area contributed by atoms with E-state index in [1.54, 1.807) is 0 Å². The number of rotatable bonds is 18. The van der Waals surface area contributed by atoms with Gasteiger partial charge in [0.05, 0.1) is 13.2 Å². The van der Waals surface area contributed by atoms with Crippen LogP contribution in [0.4, 0.5) is 0 Å². The van der Waals surface area contributed by atoms with E-state index >= 15 is 0 Å². The van der Waals surface area contributed by atoms with Crippen LogP contribution >= 0.6 is 24.4 Å². The van der Waals surface area contributed by atoms with Crippen LogP contribution in [-0.2, 0) is 14.2 Å². The molecule has 0 rings (SSSR count). The zero-order chi connectivity index (χ0) is 18.6. The number of thiocarbonyl (C=S) groups is 2. The number of unbranched alkanes of at least 4 members (excludes halogenated alkanes) is 10. The van der Waals surface area contributed by atoms with E-state index in [-0.39, 0.29) is 0 Å². The molecule has 0 bridgehead atoms. The summed E-state index contributed by atoms with van der Waals surface area (Å²) in [4.78, 5) is 0. The van der Waals surface area contributed by atoms with Gasteiger partial charge in [0.25, 0.3) is 0 Å². The van der Waals surface area contributed by atoms with Crippen LogP contribution in [0.1, 0.15) is 90.9 Å². The molecule has 0 atom stereocenters. The van der Waals surface area contributed by atoms with Crippen LogP contribution in [0.5, 0.6) is 0 Å². The third-order valence-corrected chi connectivity index (χ3v) is 4.43. The fourth-order valence-corrected chi connectivity index (χ4v) is 2.77. The van der Waals surface area contributed by atoms with E-state index in [2.05, 4.69) is 13.8 Å². The van der Waals surface area contributed by atoms with Gasteiger partial charge in [-0.1, -0.05) is 78.1 Å². The van der Waals surface area contributed by atoms with Crippen LogP contribution in [0, 0.1) is 0 Å². The van der Waals surface area contributed by atoms with Crippen LogP contribution in [0.3, 0.4) is 0 Å². The van der Waals surface area contributed by atoms with Crippen LogP contribution in [-0.4, -0.2) is 36.5 Å². The molecule has 0 aliphatic carbocycles. The summed E-state index contributed by atoms with van der Waals surface area (Å²) in [5, 5.41) is 1.01. The molecule has 0 aliphatic rings. The van der Waals surface area contributed by atoms with Crippen molar-refractivity contribution in [1.29, 1.82) is 0 Å². The minimum absolute atomic E-state index is 0.311. The van der Waals surface area contributed by atoms with E-state index < -0.39 is 0 Å². The van der Waals surface area contributed by atoms with E-state index in [0.29, 0.717) is 36.5 Å². The van der Waals surface area contributed by atoms with Crippen LogP contribution < -0.4 is 0 Å². The van der Waals surface area contributed by atoms with Gasteiger partial charge in [-0.25, -0.2) is 0 Å². The van der Waals surface area contributed by atoms with Gasteiger partial charge in [0.15, 0.2) is 10.1 Å². The summed E-state index contributed by atoms with van der Waals surface area (Å²) in [6, 6.07) is 0. The van der Waals surface area contributed by atoms with Crippen LogP contribution in [0.25, 0.3) is 0 Å². The van der Waals surface area contributed by atoms with Gasteiger partial charge >= 0.3 is 0 Å². The first-order valence-electron chi connectivity index (χ1n) is 10.1. The number of hydrogen-bond acceptors (Lipinski definition) is 5. The highest BCUT2D eigenvalue weighted by atomic mass is 32.1. The Morgan fingerprint density at radius 1 is 0.560 bits per heavy atom. The molecule has 0 aromatic heterocycles. The third-order valence-electron chi connectivity index (χ3n) is 3.96. The summed E-state index contributed by atoms with van der Waals surface area (Å²) < 4.78 is 16.4. The summed E-state index contributed by atoms with van der Waals surface area (Å²) in [7, 11) is 0. The molecule has 0 saturated heterocycles. The lowest BCUT2D eigenvalue weighted by Crippen LogP contribution is -2.17. The smallest absolute Gasteiger partial charge is 0.185 e. The molecule has 0 radical (unpaired) electrons. The van der Waals surface area contributed by atoms with Crippen molar-refractivity contribution in [3.05, 3.63) is 0 Å². The van der Waals surface area contributed by atoms with Crippen molar-refractivity contribution in [2.24, 2.45) is 0 Å². The zero-order valence-corrected chi connectivity index (χ0v) is 18.0. The molecule has 0 aromatic carbocycles. The van der Waals surface area contributed by atoms with Gasteiger partial charge in [-0.15, -0.1) is 0 Å². The third kappa shape index (κ3) is 19.9. The Morgan fingerprint density at radius 3 is 1.32 bits per heavy atom. The number of ether oxygens (including phenoxy) is 3. The Labute approximate surface area is 166 Å². The van der Waals surface area contributed by atoms with Crippen molar-refractivity contribution in [2.45, 2.75) is 90.9 Å². The zero-order valence-electron chi connectivity index (χ0n) is 16.4. The molecule has 0 N–H and O–H groups in total. The molecule has 3 nitrogen and oxygen atoms in total. The van der Waals surface area contributed by atoms with Crippen molar-refractivity contribution < 1.29 is 14.2 Å². The molecule has 0 amide bonds. The standard InChI is InChI=1S/C20H38O3S2/c1-3-5-7-9-11-13-15-22-19(24)17-21-18-20(25)23-16-14-12-10-8-6-4-2/h3-18H2,1-2H3. The van der Waals surface area contributed by atoms with E-state index in [9.17, 15) is 0 Å². The van der Waals surface area contributed by atoms with E-state index in [0.717, 1.165) is 12.8 Å². The Balaban J connectivity index is 3.32. The average Bonchev–Trinajstić information content (AvgIpc) is 2.60. The van der Waals surface area contributed by atoms with Gasteiger partial charge in [-0.2, -0.15) is 0 Å². The summed E-state index contributed by atoms with van der Waals surface area (Å²) in [6.07, 6.45) is 15.0. The second-order valence-electron chi connectivity index (χ2n) is 6.47. The van der Waals surface area contributed by atoms with Crippen molar-refractivity contribution in [3.8, 4) is 0 Å². The van der Waals surface area contributed by atoms with Crippen molar-refractivity contribution in [3.63, 3.8) is 0 Å². The van der Waals surface area contributed by atoms with Crippen LogP contribution in [0.2, 0.25) is 0 Å². The molecule has 0 aromatic rings. The fraction of sp³-hybridized carbons (Fsp3) is 0.900. The molecule has 0 heterocycles. The van der Waals surface area contributed by atoms with E-state index in [1.807, 2.05) is 0 Å². The maximum Gasteiger partial charge on any atom is 0.185 e. The molecule has 0 saturated carbocycles. The minimum Gasteiger partial charge on any atom is -0.485 e. The second kappa shape index (κ2) is 20.1. The molecule has 0 fully saturated rings. The van der Waals surface area contributed by atoms with E-state index in [4.69, 9.17) is 38.6 Å².